The third-order valence-corrected chi connectivity index (χ3v) is 5.46. The number of fused-ring (bicyclic) bond motifs is 2. The fourth-order valence-corrected chi connectivity index (χ4v) is 3.85. The van der Waals surface area contributed by atoms with E-state index in [1.165, 1.54) is 6.08 Å². The molecular weight excluding hydrogens is 312 g/mol. The highest BCUT2D eigenvalue weighted by atomic mass is 16.6. The van der Waals surface area contributed by atoms with Gasteiger partial charge in [0, 0.05) is 18.1 Å². The molecule has 2 aliphatic heterocycles. The first-order chi connectivity index (χ1) is 11.6. The summed E-state index contributed by atoms with van der Waals surface area (Å²) in [6.45, 7) is 1.99. The Morgan fingerprint density at radius 3 is 2.42 bits per heavy atom. The third kappa shape index (κ3) is 3.81. The molecule has 0 radical (unpaired) electrons. The Kier molecular flexibility index (Phi) is 4.35. The Morgan fingerprint density at radius 2 is 1.71 bits per heavy atom. The zero-order chi connectivity index (χ0) is 16.7. The van der Waals surface area contributed by atoms with Crippen LogP contribution in [-0.4, -0.2) is 49.1 Å². The van der Waals surface area contributed by atoms with Crippen LogP contribution in [0.2, 0.25) is 0 Å². The number of hydrogen-bond acceptors (Lipinski definition) is 6. The molecule has 2 saturated heterocycles. The van der Waals surface area contributed by atoms with E-state index in [2.05, 4.69) is 0 Å². The minimum Gasteiger partial charge on any atom is -0.462 e. The quantitative estimate of drug-likeness (QED) is 0.433. The van der Waals surface area contributed by atoms with Gasteiger partial charge >= 0.3 is 11.9 Å². The summed E-state index contributed by atoms with van der Waals surface area (Å²) < 4.78 is 21.6. The predicted molar refractivity (Wildman–Crippen MR) is 83.1 cm³/mol. The molecule has 0 spiro atoms. The summed E-state index contributed by atoms with van der Waals surface area (Å²) in [6, 6.07) is 0. The van der Waals surface area contributed by atoms with Crippen molar-refractivity contribution >= 4 is 11.9 Å². The summed E-state index contributed by atoms with van der Waals surface area (Å²) in [5.74, 6) is -0.549. The molecule has 4 aliphatic rings. The van der Waals surface area contributed by atoms with E-state index in [-0.39, 0.29) is 17.8 Å². The van der Waals surface area contributed by atoms with Crippen LogP contribution in [0.3, 0.4) is 0 Å². The van der Waals surface area contributed by atoms with E-state index in [0.717, 1.165) is 38.5 Å². The fourth-order valence-electron chi connectivity index (χ4n) is 3.85. The Balaban J connectivity index is 1.19. The minimum atomic E-state index is -0.472. The van der Waals surface area contributed by atoms with Crippen LogP contribution in [0.25, 0.3) is 0 Å². The lowest BCUT2D eigenvalue weighted by Gasteiger charge is -2.19. The van der Waals surface area contributed by atoms with Crippen LogP contribution in [0, 0.1) is 5.92 Å². The Bertz CT molecular complexity index is 556. The zero-order valence-corrected chi connectivity index (χ0v) is 13.9. The molecule has 4 rings (SSSR count). The van der Waals surface area contributed by atoms with Gasteiger partial charge in [-0.3, -0.25) is 0 Å². The maximum atomic E-state index is 12.0. The average Bonchev–Trinajstić information content (AvgIpc) is 3.45. The van der Waals surface area contributed by atoms with E-state index in [9.17, 15) is 9.59 Å². The van der Waals surface area contributed by atoms with E-state index in [1.807, 2.05) is 0 Å². The van der Waals surface area contributed by atoms with Crippen molar-refractivity contribution in [3.63, 3.8) is 0 Å². The Morgan fingerprint density at radius 1 is 1.00 bits per heavy atom. The average molecular weight is 336 g/mol. The van der Waals surface area contributed by atoms with Crippen molar-refractivity contribution in [3.8, 4) is 0 Å². The van der Waals surface area contributed by atoms with Crippen LogP contribution < -0.4 is 0 Å². The molecule has 6 heteroatoms. The fraction of sp³-hybridized carbons (Fsp3) is 0.778. The summed E-state index contributed by atoms with van der Waals surface area (Å²) in [4.78, 5) is 24.0. The van der Waals surface area contributed by atoms with Gasteiger partial charge in [-0.15, -0.1) is 0 Å². The van der Waals surface area contributed by atoms with E-state index in [1.54, 1.807) is 6.92 Å². The standard InChI is InChI=1S/C18H24O6/c1-10(6-17(19)22-12-3-5-14-16(8-12)24-14)18(20)21-9-11-2-4-13-15(7-11)23-13/h6,11-16H,2-5,7-9H2,1H3. The van der Waals surface area contributed by atoms with E-state index >= 15 is 0 Å². The lowest BCUT2D eigenvalue weighted by atomic mass is 9.90. The highest BCUT2D eigenvalue weighted by Crippen LogP contribution is 2.39. The summed E-state index contributed by atoms with van der Waals surface area (Å²) >= 11 is 0. The smallest absolute Gasteiger partial charge is 0.333 e. The topological polar surface area (TPSA) is 77.7 Å². The van der Waals surface area contributed by atoms with Crippen LogP contribution in [-0.2, 0) is 28.5 Å². The maximum absolute atomic E-state index is 12.0. The van der Waals surface area contributed by atoms with E-state index < -0.39 is 11.9 Å². The largest absolute Gasteiger partial charge is 0.462 e. The highest BCUT2D eigenvalue weighted by Gasteiger charge is 2.45. The van der Waals surface area contributed by atoms with Crippen molar-refractivity contribution in [3.05, 3.63) is 11.6 Å². The number of carbonyl (C=O) groups is 2. The third-order valence-electron chi connectivity index (χ3n) is 5.46. The summed E-state index contributed by atoms with van der Waals surface area (Å²) in [5.41, 5.74) is 0.285. The lowest BCUT2D eigenvalue weighted by Crippen LogP contribution is -2.24. The lowest BCUT2D eigenvalue weighted by molar-refractivity contribution is -0.145. The van der Waals surface area contributed by atoms with Crippen LogP contribution in [0.4, 0.5) is 0 Å². The van der Waals surface area contributed by atoms with Gasteiger partial charge in [0.05, 0.1) is 31.0 Å². The Labute approximate surface area is 141 Å². The van der Waals surface area contributed by atoms with Gasteiger partial charge in [0.1, 0.15) is 6.10 Å². The monoisotopic (exact) mass is 336 g/mol. The minimum absolute atomic E-state index is 0.102. The summed E-state index contributed by atoms with van der Waals surface area (Å²) in [6.07, 6.45) is 8.19. The highest BCUT2D eigenvalue weighted by molar-refractivity contribution is 5.95. The zero-order valence-electron chi connectivity index (χ0n) is 13.9. The molecule has 0 bridgehead atoms. The number of rotatable bonds is 5. The summed E-state index contributed by atoms with van der Waals surface area (Å²) in [7, 11) is 0. The van der Waals surface area contributed by atoms with Crippen molar-refractivity contribution in [1.29, 1.82) is 0 Å². The molecule has 2 aliphatic carbocycles. The predicted octanol–water partition coefficient (Wildman–Crippen LogP) is 1.91. The van der Waals surface area contributed by atoms with Gasteiger partial charge in [0.2, 0.25) is 0 Å². The van der Waals surface area contributed by atoms with Crippen LogP contribution in [0.5, 0.6) is 0 Å². The van der Waals surface area contributed by atoms with Gasteiger partial charge in [-0.2, -0.15) is 0 Å². The first kappa shape index (κ1) is 16.1. The number of carbonyl (C=O) groups excluding carboxylic acids is 2. The summed E-state index contributed by atoms with van der Waals surface area (Å²) in [5, 5.41) is 0. The first-order valence-corrected chi connectivity index (χ1v) is 8.95. The van der Waals surface area contributed by atoms with Crippen molar-refractivity contribution in [2.45, 2.75) is 76.0 Å². The second-order valence-electron chi connectivity index (χ2n) is 7.40. The van der Waals surface area contributed by atoms with E-state index in [0.29, 0.717) is 30.8 Å². The molecule has 132 valence electrons. The molecule has 0 aromatic rings. The van der Waals surface area contributed by atoms with E-state index in [4.69, 9.17) is 18.9 Å². The molecule has 6 nitrogen and oxygen atoms in total. The molecule has 0 N–H and O–H groups in total. The van der Waals surface area contributed by atoms with Crippen LogP contribution >= 0.6 is 0 Å². The normalized spacial score (nSPS) is 40.1. The second-order valence-corrected chi connectivity index (χ2v) is 7.40. The number of ether oxygens (including phenoxy) is 4. The molecule has 0 amide bonds. The van der Waals surface area contributed by atoms with Crippen molar-refractivity contribution in [2.24, 2.45) is 5.92 Å². The molecule has 2 saturated carbocycles. The number of esters is 2. The molecule has 0 aromatic carbocycles. The molecule has 24 heavy (non-hydrogen) atoms. The maximum Gasteiger partial charge on any atom is 0.333 e. The molecule has 6 unspecified atom stereocenters. The molecule has 6 atom stereocenters. The van der Waals surface area contributed by atoms with Gasteiger partial charge in [-0.1, -0.05) is 0 Å². The van der Waals surface area contributed by atoms with Gasteiger partial charge in [0.15, 0.2) is 0 Å². The first-order valence-electron chi connectivity index (χ1n) is 8.95. The molecule has 4 fully saturated rings. The van der Waals surface area contributed by atoms with Crippen LogP contribution in [0.1, 0.15) is 45.4 Å². The van der Waals surface area contributed by atoms with Crippen molar-refractivity contribution in [2.75, 3.05) is 6.61 Å². The van der Waals surface area contributed by atoms with Gasteiger partial charge < -0.3 is 18.9 Å². The molecule has 0 aromatic heterocycles. The van der Waals surface area contributed by atoms with Crippen molar-refractivity contribution in [1.82, 2.24) is 0 Å². The molecular formula is C18H24O6. The van der Waals surface area contributed by atoms with Crippen LogP contribution in [0.15, 0.2) is 11.6 Å². The second kappa shape index (κ2) is 6.48. The number of epoxide rings is 2. The Hall–Kier alpha value is -1.40. The van der Waals surface area contributed by atoms with Gasteiger partial charge in [0.25, 0.3) is 0 Å². The SMILES string of the molecule is CC(=CC(=O)OC1CCC2OC2C1)C(=O)OCC1CCC2OC2C1. The van der Waals surface area contributed by atoms with Gasteiger partial charge in [-0.25, -0.2) is 9.59 Å². The van der Waals surface area contributed by atoms with Gasteiger partial charge in [-0.05, 0) is 44.9 Å². The number of hydrogen-bond donors (Lipinski definition) is 0. The van der Waals surface area contributed by atoms with Crippen molar-refractivity contribution < 1.29 is 28.5 Å². The molecule has 2 heterocycles.